The van der Waals surface area contributed by atoms with E-state index >= 15 is 0 Å². The third kappa shape index (κ3) is 3.35. The summed E-state index contributed by atoms with van der Waals surface area (Å²) in [6.07, 6.45) is 4.38. The van der Waals surface area contributed by atoms with Crippen molar-refractivity contribution in [2.45, 2.75) is 53.3 Å². The first-order valence-electron chi connectivity index (χ1n) is 9.82. The molecule has 0 atom stereocenters. The van der Waals surface area contributed by atoms with Gasteiger partial charge in [0, 0.05) is 6.07 Å². The molecule has 0 fully saturated rings. The van der Waals surface area contributed by atoms with Gasteiger partial charge < -0.3 is 0 Å². The highest BCUT2D eigenvalue weighted by Crippen LogP contribution is 2.31. The molecule has 0 aliphatic carbocycles. The maximum Gasteiger partial charge on any atom is 0.220 e. The summed E-state index contributed by atoms with van der Waals surface area (Å²) < 4.78 is 2.29. The van der Waals surface area contributed by atoms with Gasteiger partial charge in [-0.3, -0.25) is 0 Å². The van der Waals surface area contributed by atoms with E-state index in [9.17, 15) is 0 Å². The summed E-state index contributed by atoms with van der Waals surface area (Å²) >= 11 is 0. The first-order valence-corrected chi connectivity index (χ1v) is 13.3. The number of hydrogen-bond donors (Lipinski definition) is 0. The number of pyridine rings is 1. The van der Waals surface area contributed by atoms with Crippen molar-refractivity contribution in [3.63, 3.8) is 0 Å². The lowest BCUT2D eigenvalue weighted by atomic mass is 9.92. The lowest BCUT2D eigenvalue weighted by molar-refractivity contribution is -0.659. The van der Waals surface area contributed by atoms with Crippen LogP contribution in [0.15, 0.2) is 42.6 Å². The van der Waals surface area contributed by atoms with Crippen molar-refractivity contribution in [2.75, 3.05) is 0 Å². The summed E-state index contributed by atoms with van der Waals surface area (Å²) in [5.41, 5.74) is 7.04. The fourth-order valence-electron chi connectivity index (χ4n) is 3.83. The van der Waals surface area contributed by atoms with Crippen molar-refractivity contribution >= 4 is 24.0 Å². The molecule has 0 N–H and O–H groups in total. The lowest BCUT2D eigenvalue weighted by Crippen LogP contribution is -2.37. The highest BCUT2D eigenvalue weighted by molar-refractivity contribution is 6.88. The quantitative estimate of drug-likeness (QED) is 0.437. The van der Waals surface area contributed by atoms with E-state index in [1.165, 1.54) is 43.9 Å². The first-order chi connectivity index (χ1) is 12.3. The molecule has 1 heterocycles. The Morgan fingerprint density at radius 1 is 0.923 bits per heavy atom. The third-order valence-electron chi connectivity index (χ3n) is 5.62. The van der Waals surface area contributed by atoms with Crippen LogP contribution in [0.25, 0.3) is 22.0 Å². The molecule has 1 nitrogen and oxygen atoms in total. The van der Waals surface area contributed by atoms with Gasteiger partial charge in [-0.1, -0.05) is 56.9 Å². The number of rotatable bonds is 4. The Kier molecular flexibility index (Phi) is 5.07. The molecule has 3 rings (SSSR count). The number of benzene rings is 2. The molecule has 2 heteroatoms. The molecule has 3 aromatic rings. The van der Waals surface area contributed by atoms with Gasteiger partial charge in [-0.2, -0.15) is 0 Å². The largest absolute Gasteiger partial charge is 0.220 e. The van der Waals surface area contributed by atoms with Gasteiger partial charge in [-0.15, -0.1) is 0 Å². The normalized spacial score (nSPS) is 12.0. The third-order valence-corrected chi connectivity index (χ3v) is 7.67. The smallest absolute Gasteiger partial charge is 0.200 e. The van der Waals surface area contributed by atoms with Crippen LogP contribution in [-0.2, 0) is 19.9 Å². The minimum Gasteiger partial charge on any atom is -0.200 e. The van der Waals surface area contributed by atoms with E-state index in [0.29, 0.717) is 0 Å². The molecule has 1 aromatic heterocycles. The van der Waals surface area contributed by atoms with Gasteiger partial charge >= 0.3 is 0 Å². The number of aryl methyl sites for hydroxylation is 3. The fourth-order valence-corrected chi connectivity index (χ4v) is 5.00. The molecule has 0 spiro atoms. The van der Waals surface area contributed by atoms with E-state index in [0.717, 1.165) is 12.8 Å². The molecule has 26 heavy (non-hydrogen) atoms. The number of hydrogen-bond acceptors (Lipinski definition) is 0. The van der Waals surface area contributed by atoms with E-state index in [1.807, 2.05) is 0 Å². The van der Waals surface area contributed by atoms with Crippen molar-refractivity contribution < 1.29 is 4.57 Å². The highest BCUT2D eigenvalue weighted by Gasteiger charge is 2.21. The molecule has 0 aliphatic heterocycles. The molecule has 0 radical (unpaired) electrons. The van der Waals surface area contributed by atoms with Crippen LogP contribution in [0, 0.1) is 6.92 Å². The number of aromatic nitrogens is 1. The Balaban J connectivity index is 2.33. The van der Waals surface area contributed by atoms with Crippen LogP contribution in [0.3, 0.4) is 0 Å². The van der Waals surface area contributed by atoms with Gasteiger partial charge in [-0.05, 0) is 54.0 Å². The Labute approximate surface area is 159 Å². The summed E-state index contributed by atoms with van der Waals surface area (Å²) in [4.78, 5) is 0. The van der Waals surface area contributed by atoms with Crippen LogP contribution in [-0.4, -0.2) is 8.07 Å². The highest BCUT2D eigenvalue weighted by atomic mass is 28.3. The molecule has 0 bridgehead atoms. The van der Waals surface area contributed by atoms with Crippen molar-refractivity contribution in [3.05, 3.63) is 59.3 Å². The average molecular weight is 363 g/mol. The minimum atomic E-state index is -1.31. The monoisotopic (exact) mass is 362 g/mol. The summed E-state index contributed by atoms with van der Waals surface area (Å²) in [6.45, 7) is 14.0. The molecule has 0 saturated carbocycles. The van der Waals surface area contributed by atoms with Crippen LogP contribution in [0.4, 0.5) is 0 Å². The molecule has 0 amide bonds. The molecular formula is C24H32NSi+. The zero-order valence-corrected chi connectivity index (χ0v) is 18.4. The van der Waals surface area contributed by atoms with Crippen molar-refractivity contribution in [1.29, 1.82) is 0 Å². The van der Waals surface area contributed by atoms with Crippen molar-refractivity contribution in [3.8, 4) is 11.3 Å². The Hall–Kier alpha value is -1.93. The average Bonchev–Trinajstić information content (AvgIpc) is 2.61. The molecule has 2 aromatic carbocycles. The van der Waals surface area contributed by atoms with Crippen molar-refractivity contribution in [2.24, 2.45) is 7.05 Å². The second kappa shape index (κ2) is 7.00. The summed E-state index contributed by atoms with van der Waals surface area (Å²) in [5, 5.41) is 4.24. The molecule has 0 aliphatic rings. The predicted molar refractivity (Wildman–Crippen MR) is 117 cm³/mol. The van der Waals surface area contributed by atoms with Gasteiger partial charge in [0.05, 0.1) is 19.0 Å². The standard InChI is InChI=1S/C24H32NSi/c1-8-18-14-19(9-2)17(3)23(15-18)24-22-11-10-21(26(5,6)7)16-20(22)12-13-25(24)4/h10-16H,8-9H2,1-7H3/q+1. The zero-order valence-electron chi connectivity index (χ0n) is 17.4. The van der Waals surface area contributed by atoms with Gasteiger partial charge in [-0.25, -0.2) is 4.57 Å². The Bertz CT molecular complexity index is 964. The van der Waals surface area contributed by atoms with Crippen LogP contribution >= 0.6 is 0 Å². The van der Waals surface area contributed by atoms with Crippen LogP contribution in [0.5, 0.6) is 0 Å². The van der Waals surface area contributed by atoms with Gasteiger partial charge in [0.15, 0.2) is 6.20 Å². The van der Waals surface area contributed by atoms with Gasteiger partial charge in [0.25, 0.3) is 0 Å². The zero-order chi connectivity index (χ0) is 19.1. The van der Waals surface area contributed by atoms with Crippen molar-refractivity contribution in [1.82, 2.24) is 0 Å². The van der Waals surface area contributed by atoms with Crippen LogP contribution in [0.2, 0.25) is 19.6 Å². The predicted octanol–water partition coefficient (Wildman–Crippen LogP) is 5.31. The molecule has 0 unspecified atom stereocenters. The van der Waals surface area contributed by atoms with E-state index < -0.39 is 8.07 Å². The topological polar surface area (TPSA) is 3.88 Å². The number of fused-ring (bicyclic) bond motifs is 1. The summed E-state index contributed by atoms with van der Waals surface area (Å²) in [5.74, 6) is 0. The molecular weight excluding hydrogens is 330 g/mol. The Morgan fingerprint density at radius 2 is 1.65 bits per heavy atom. The van der Waals surface area contributed by atoms with E-state index in [-0.39, 0.29) is 0 Å². The SMILES string of the molecule is CCc1cc(CC)c(C)c(-c2c3ccc([Si](C)(C)C)cc3cc[n+]2C)c1. The number of nitrogens with zero attached hydrogens (tertiary/aromatic N) is 1. The fraction of sp³-hybridized carbons (Fsp3) is 0.375. The van der Waals surface area contributed by atoms with E-state index in [1.54, 1.807) is 0 Å². The maximum absolute atomic E-state index is 2.42. The molecule has 136 valence electrons. The lowest BCUT2D eigenvalue weighted by Gasteiger charge is -2.18. The van der Waals surface area contributed by atoms with Crippen LogP contribution < -0.4 is 9.75 Å². The van der Waals surface area contributed by atoms with E-state index in [2.05, 4.69) is 94.6 Å². The minimum absolute atomic E-state index is 1.08. The van der Waals surface area contributed by atoms with Gasteiger partial charge in [0.1, 0.15) is 7.05 Å². The Morgan fingerprint density at radius 3 is 2.27 bits per heavy atom. The second-order valence-corrected chi connectivity index (χ2v) is 13.5. The summed E-state index contributed by atoms with van der Waals surface area (Å²) in [7, 11) is 0.864. The molecule has 0 saturated heterocycles. The van der Waals surface area contributed by atoms with Crippen LogP contribution in [0.1, 0.15) is 30.5 Å². The van der Waals surface area contributed by atoms with Gasteiger partial charge in [0.2, 0.25) is 5.69 Å². The maximum atomic E-state index is 2.42. The first kappa shape index (κ1) is 18.8. The summed E-state index contributed by atoms with van der Waals surface area (Å²) in [6, 6.07) is 14.2. The van der Waals surface area contributed by atoms with E-state index in [4.69, 9.17) is 0 Å². The second-order valence-electron chi connectivity index (χ2n) is 8.46.